The number of nitrogens with one attached hydrogen (secondary N) is 1. The number of anilines is 1. The summed E-state index contributed by atoms with van der Waals surface area (Å²) in [5, 5.41) is 23.4. The van der Waals surface area contributed by atoms with Gasteiger partial charge in [0, 0.05) is 18.3 Å². The van der Waals surface area contributed by atoms with E-state index >= 15 is 0 Å². The maximum atomic E-state index is 12.1. The Balaban J connectivity index is 2.05. The van der Waals surface area contributed by atoms with Crippen LogP contribution in [-0.4, -0.2) is 50.8 Å². The van der Waals surface area contributed by atoms with Gasteiger partial charge in [-0.05, 0) is 5.92 Å². The van der Waals surface area contributed by atoms with Crippen molar-refractivity contribution in [2.75, 3.05) is 11.9 Å². The first-order valence-corrected chi connectivity index (χ1v) is 7.20. The summed E-state index contributed by atoms with van der Waals surface area (Å²) >= 11 is 1.30. The molecule has 1 aliphatic heterocycles. The number of carbonyl (C=O) groups excluding carboxylic acids is 1. The highest BCUT2D eigenvalue weighted by atomic mass is 32.1. The Bertz CT molecular complexity index is 517. The molecule has 3 N–H and O–H groups in total. The summed E-state index contributed by atoms with van der Waals surface area (Å²) < 4.78 is 0. The number of aliphatic hydroxyl groups excluding tert-OH is 1. The predicted molar refractivity (Wildman–Crippen MR) is 74.0 cm³/mol. The zero-order valence-electron chi connectivity index (χ0n) is 11.2. The lowest BCUT2D eigenvalue weighted by atomic mass is 10.2. The minimum absolute atomic E-state index is 0.0191. The van der Waals surface area contributed by atoms with Gasteiger partial charge in [-0.25, -0.2) is 14.6 Å². The molecule has 1 aromatic heterocycles. The molecule has 2 amide bonds. The van der Waals surface area contributed by atoms with E-state index in [4.69, 9.17) is 5.11 Å². The number of amides is 2. The number of carbonyl (C=O) groups is 2. The van der Waals surface area contributed by atoms with E-state index in [1.54, 1.807) is 0 Å². The van der Waals surface area contributed by atoms with E-state index in [1.165, 1.54) is 11.3 Å². The lowest BCUT2D eigenvalue weighted by Gasteiger charge is -2.20. The Labute approximate surface area is 120 Å². The quantitative estimate of drug-likeness (QED) is 0.781. The van der Waals surface area contributed by atoms with E-state index in [9.17, 15) is 14.7 Å². The molecule has 1 fully saturated rings. The third-order valence-electron chi connectivity index (χ3n) is 3.15. The first-order valence-electron chi connectivity index (χ1n) is 6.32. The van der Waals surface area contributed by atoms with Gasteiger partial charge in [0.25, 0.3) is 0 Å². The molecular formula is C12H17N3O4S. The minimum Gasteiger partial charge on any atom is -0.480 e. The molecule has 0 aromatic carbocycles. The second-order valence-electron chi connectivity index (χ2n) is 5.06. The first-order chi connectivity index (χ1) is 9.38. The first kappa shape index (κ1) is 14.7. The molecular weight excluding hydrogens is 282 g/mol. The van der Waals surface area contributed by atoms with Gasteiger partial charge in [0.2, 0.25) is 0 Å². The Morgan fingerprint density at radius 2 is 2.25 bits per heavy atom. The number of aliphatic hydroxyl groups is 1. The predicted octanol–water partition coefficient (Wildman–Crippen LogP) is 1.32. The third kappa shape index (κ3) is 3.07. The highest BCUT2D eigenvalue weighted by Crippen LogP contribution is 2.23. The Morgan fingerprint density at radius 1 is 1.55 bits per heavy atom. The number of hydrogen-bond acceptors (Lipinski definition) is 5. The molecule has 7 nitrogen and oxygen atoms in total. The zero-order valence-corrected chi connectivity index (χ0v) is 12.1. The fourth-order valence-corrected chi connectivity index (χ4v) is 2.91. The van der Waals surface area contributed by atoms with Gasteiger partial charge < -0.3 is 15.1 Å². The van der Waals surface area contributed by atoms with Gasteiger partial charge in [-0.2, -0.15) is 0 Å². The molecule has 2 rings (SSSR count). The Kier molecular flexibility index (Phi) is 4.24. The molecule has 2 heterocycles. The van der Waals surface area contributed by atoms with Crippen LogP contribution in [0.25, 0.3) is 0 Å². The van der Waals surface area contributed by atoms with E-state index in [1.807, 2.05) is 19.2 Å². The Hall–Kier alpha value is -1.67. The molecule has 0 spiro atoms. The molecule has 8 heteroatoms. The normalized spacial score (nSPS) is 22.3. The zero-order chi connectivity index (χ0) is 14.9. The maximum Gasteiger partial charge on any atom is 0.326 e. The van der Waals surface area contributed by atoms with E-state index in [2.05, 4.69) is 10.3 Å². The van der Waals surface area contributed by atoms with Crippen LogP contribution in [0.3, 0.4) is 0 Å². The van der Waals surface area contributed by atoms with Gasteiger partial charge in [-0.3, -0.25) is 5.32 Å². The number of rotatable bonds is 3. The van der Waals surface area contributed by atoms with Crippen molar-refractivity contribution in [2.24, 2.45) is 0 Å². The number of aromatic nitrogens is 1. The van der Waals surface area contributed by atoms with E-state index in [0.29, 0.717) is 5.13 Å². The van der Waals surface area contributed by atoms with Crippen molar-refractivity contribution in [2.45, 2.75) is 38.3 Å². The molecule has 0 saturated carbocycles. The third-order valence-corrected chi connectivity index (χ3v) is 3.93. The molecule has 1 aliphatic rings. The molecule has 1 saturated heterocycles. The van der Waals surface area contributed by atoms with Crippen molar-refractivity contribution in [1.29, 1.82) is 0 Å². The molecule has 0 radical (unpaired) electrons. The largest absolute Gasteiger partial charge is 0.480 e. The fraction of sp³-hybridized carbons (Fsp3) is 0.583. The molecule has 2 atom stereocenters. The van der Waals surface area contributed by atoms with Gasteiger partial charge in [-0.1, -0.05) is 13.8 Å². The number of thiazole rings is 1. The molecule has 1 aromatic rings. The minimum atomic E-state index is -1.11. The second kappa shape index (κ2) is 5.76. The lowest BCUT2D eigenvalue weighted by molar-refractivity contribution is -0.141. The highest BCUT2D eigenvalue weighted by molar-refractivity contribution is 7.13. The second-order valence-corrected chi connectivity index (χ2v) is 5.92. The number of carboxylic acids is 1. The van der Waals surface area contributed by atoms with Crippen molar-refractivity contribution < 1.29 is 19.8 Å². The van der Waals surface area contributed by atoms with Crippen molar-refractivity contribution in [3.05, 3.63) is 11.1 Å². The number of nitrogens with zero attached hydrogens (tertiary/aromatic N) is 2. The van der Waals surface area contributed by atoms with E-state index in [0.717, 1.165) is 10.6 Å². The molecule has 0 unspecified atom stereocenters. The summed E-state index contributed by atoms with van der Waals surface area (Å²) in [4.78, 5) is 28.5. The number of aliphatic carboxylic acids is 1. The lowest BCUT2D eigenvalue weighted by Crippen LogP contribution is -2.43. The number of carboxylic acid groups (broad SMARTS) is 1. The van der Waals surface area contributed by atoms with Crippen molar-refractivity contribution in [1.82, 2.24) is 9.88 Å². The van der Waals surface area contributed by atoms with Crippen molar-refractivity contribution >= 4 is 28.5 Å². The summed E-state index contributed by atoms with van der Waals surface area (Å²) in [6.45, 7) is 4.01. The highest BCUT2D eigenvalue weighted by Gasteiger charge is 2.39. The summed E-state index contributed by atoms with van der Waals surface area (Å²) in [7, 11) is 0. The molecule has 110 valence electrons. The number of β-amino-alcohol motifs (C(OH)–C–C–N with tert-alkyl or cyclic N) is 1. The standard InChI is InChI=1S/C12H17N3O4S/c1-6(2)8-5-20-11(13-8)14-12(19)15-4-7(16)3-9(15)10(17)18/h5-7,9,16H,3-4H2,1-2H3,(H,17,18)(H,13,14,19)/t7-,9-/m1/s1. The van der Waals surface area contributed by atoms with Gasteiger partial charge in [-0.15, -0.1) is 11.3 Å². The van der Waals surface area contributed by atoms with Crippen LogP contribution in [-0.2, 0) is 4.79 Å². The smallest absolute Gasteiger partial charge is 0.326 e. The average molecular weight is 299 g/mol. The van der Waals surface area contributed by atoms with Crippen LogP contribution in [0.2, 0.25) is 0 Å². The van der Waals surface area contributed by atoms with Crippen LogP contribution in [0.5, 0.6) is 0 Å². The topological polar surface area (TPSA) is 103 Å². The van der Waals surface area contributed by atoms with Gasteiger partial charge in [0.15, 0.2) is 5.13 Å². The number of likely N-dealkylation sites (tertiary alicyclic amines) is 1. The van der Waals surface area contributed by atoms with Crippen LogP contribution in [0, 0.1) is 0 Å². The van der Waals surface area contributed by atoms with E-state index < -0.39 is 24.1 Å². The summed E-state index contributed by atoms with van der Waals surface area (Å²) in [6, 6.07) is -1.53. The van der Waals surface area contributed by atoms with Crippen molar-refractivity contribution in [3.8, 4) is 0 Å². The van der Waals surface area contributed by atoms with Crippen LogP contribution in [0.15, 0.2) is 5.38 Å². The van der Waals surface area contributed by atoms with Gasteiger partial charge in [0.05, 0.1) is 11.8 Å². The number of urea groups is 1. The summed E-state index contributed by atoms with van der Waals surface area (Å²) in [5.41, 5.74) is 0.876. The van der Waals surface area contributed by atoms with Crippen LogP contribution in [0.4, 0.5) is 9.93 Å². The molecule has 20 heavy (non-hydrogen) atoms. The van der Waals surface area contributed by atoms with Gasteiger partial charge in [0.1, 0.15) is 6.04 Å². The van der Waals surface area contributed by atoms with Gasteiger partial charge >= 0.3 is 12.0 Å². The summed E-state index contributed by atoms with van der Waals surface area (Å²) in [6.07, 6.45) is -0.748. The maximum absolute atomic E-state index is 12.1. The number of hydrogen-bond donors (Lipinski definition) is 3. The summed E-state index contributed by atoms with van der Waals surface area (Å²) in [5.74, 6) is -0.851. The fourth-order valence-electron chi connectivity index (χ4n) is 2.04. The molecule has 0 aliphatic carbocycles. The molecule has 0 bridgehead atoms. The van der Waals surface area contributed by atoms with Crippen LogP contribution >= 0.6 is 11.3 Å². The van der Waals surface area contributed by atoms with Crippen LogP contribution < -0.4 is 5.32 Å². The van der Waals surface area contributed by atoms with Crippen LogP contribution in [0.1, 0.15) is 31.9 Å². The average Bonchev–Trinajstić information content (AvgIpc) is 2.95. The monoisotopic (exact) mass is 299 g/mol. The SMILES string of the molecule is CC(C)c1csc(NC(=O)N2C[C@H](O)C[C@@H]2C(=O)O)n1. The van der Waals surface area contributed by atoms with Crippen molar-refractivity contribution in [3.63, 3.8) is 0 Å². The Morgan fingerprint density at radius 3 is 2.80 bits per heavy atom. The van der Waals surface area contributed by atoms with E-state index in [-0.39, 0.29) is 18.9 Å².